The Kier molecular flexibility index (Phi) is 6.86. The van der Waals surface area contributed by atoms with Gasteiger partial charge in [-0.15, -0.1) is 0 Å². The lowest BCUT2D eigenvalue weighted by atomic mass is 10.1. The number of carbonyl (C=O) groups is 1. The van der Waals surface area contributed by atoms with Crippen LogP contribution < -0.4 is 10.6 Å². The molecular formula is C20H21N5O3. The Morgan fingerprint density at radius 2 is 1.82 bits per heavy atom. The van der Waals surface area contributed by atoms with Crippen LogP contribution in [0.1, 0.15) is 6.42 Å². The van der Waals surface area contributed by atoms with Crippen LogP contribution in [0.25, 0.3) is 11.4 Å². The van der Waals surface area contributed by atoms with E-state index in [1.807, 2.05) is 54.6 Å². The maximum Gasteiger partial charge on any atom is 0.329 e. The third kappa shape index (κ3) is 5.75. The molecule has 0 amide bonds. The Morgan fingerprint density at radius 1 is 1.04 bits per heavy atom. The summed E-state index contributed by atoms with van der Waals surface area (Å²) in [6, 6.07) is 17.7. The number of aromatic nitrogens is 3. The number of nitrogens with zero attached hydrogens (tertiary/aromatic N) is 3. The average Bonchev–Trinajstić information content (AvgIpc) is 2.72. The molecule has 3 aromatic rings. The first-order valence-corrected chi connectivity index (χ1v) is 8.86. The van der Waals surface area contributed by atoms with Gasteiger partial charge in [-0.1, -0.05) is 30.3 Å². The average molecular weight is 379 g/mol. The van der Waals surface area contributed by atoms with Gasteiger partial charge in [-0.05, 0) is 30.7 Å². The molecule has 28 heavy (non-hydrogen) atoms. The number of anilines is 3. The highest BCUT2D eigenvalue weighted by atomic mass is 16.5. The molecule has 0 saturated carbocycles. The van der Waals surface area contributed by atoms with E-state index in [9.17, 15) is 4.79 Å². The first-order valence-electron chi connectivity index (χ1n) is 8.86. The Balaban J connectivity index is 1.64. The molecule has 3 rings (SSSR count). The molecule has 0 spiro atoms. The number of hydrogen-bond donors (Lipinski definition) is 3. The number of benzene rings is 2. The van der Waals surface area contributed by atoms with Crippen LogP contribution >= 0.6 is 0 Å². The fourth-order valence-corrected chi connectivity index (χ4v) is 2.51. The molecule has 0 radical (unpaired) electrons. The van der Waals surface area contributed by atoms with Gasteiger partial charge in [0.25, 0.3) is 0 Å². The van der Waals surface area contributed by atoms with Crippen molar-refractivity contribution in [1.82, 2.24) is 15.0 Å². The third-order valence-corrected chi connectivity index (χ3v) is 3.77. The largest absolute Gasteiger partial charge is 0.480 e. The van der Waals surface area contributed by atoms with Crippen LogP contribution in [0.5, 0.6) is 0 Å². The predicted molar refractivity (Wildman–Crippen MR) is 107 cm³/mol. The number of hydrogen-bond acceptors (Lipinski definition) is 7. The van der Waals surface area contributed by atoms with Crippen molar-refractivity contribution in [3.63, 3.8) is 0 Å². The zero-order chi connectivity index (χ0) is 19.6. The monoisotopic (exact) mass is 379 g/mol. The summed E-state index contributed by atoms with van der Waals surface area (Å²) < 4.78 is 5.00. The van der Waals surface area contributed by atoms with Crippen molar-refractivity contribution in [3.8, 4) is 11.4 Å². The molecule has 144 valence electrons. The SMILES string of the molecule is O=C(O)COCCCNc1ncnc(-c2ccccc2Nc2ccccc2)n1. The highest BCUT2D eigenvalue weighted by molar-refractivity contribution is 5.77. The Morgan fingerprint density at radius 3 is 2.64 bits per heavy atom. The predicted octanol–water partition coefficient (Wildman–Crippen LogP) is 3.19. The van der Waals surface area contributed by atoms with E-state index < -0.39 is 5.97 Å². The van der Waals surface area contributed by atoms with E-state index in [-0.39, 0.29) is 6.61 Å². The number of rotatable bonds is 10. The molecular weight excluding hydrogens is 358 g/mol. The number of carboxylic acids is 1. The van der Waals surface area contributed by atoms with Crippen LogP contribution in [0.15, 0.2) is 60.9 Å². The molecule has 8 heteroatoms. The number of aliphatic carboxylic acids is 1. The zero-order valence-corrected chi connectivity index (χ0v) is 15.2. The summed E-state index contributed by atoms with van der Waals surface area (Å²) in [7, 11) is 0. The molecule has 0 unspecified atom stereocenters. The van der Waals surface area contributed by atoms with Crippen LogP contribution in [-0.4, -0.2) is 45.8 Å². The van der Waals surface area contributed by atoms with Crippen molar-refractivity contribution in [2.75, 3.05) is 30.4 Å². The van der Waals surface area contributed by atoms with Crippen molar-refractivity contribution < 1.29 is 14.6 Å². The summed E-state index contributed by atoms with van der Waals surface area (Å²) >= 11 is 0. The first kappa shape index (κ1) is 19.2. The van der Waals surface area contributed by atoms with Crippen molar-refractivity contribution in [2.45, 2.75) is 6.42 Å². The molecule has 1 heterocycles. The molecule has 0 fully saturated rings. The van der Waals surface area contributed by atoms with Crippen molar-refractivity contribution in [2.24, 2.45) is 0 Å². The van der Waals surface area contributed by atoms with Crippen LogP contribution in [0.3, 0.4) is 0 Å². The van der Waals surface area contributed by atoms with E-state index in [0.717, 1.165) is 16.9 Å². The number of nitrogens with one attached hydrogen (secondary N) is 2. The minimum atomic E-state index is -0.974. The fourth-order valence-electron chi connectivity index (χ4n) is 2.51. The Labute approximate surface area is 162 Å². The van der Waals surface area contributed by atoms with Crippen molar-refractivity contribution in [1.29, 1.82) is 0 Å². The summed E-state index contributed by atoms with van der Waals surface area (Å²) in [5.74, 6) is 0.0363. The zero-order valence-electron chi connectivity index (χ0n) is 15.2. The van der Waals surface area contributed by atoms with E-state index in [4.69, 9.17) is 9.84 Å². The lowest BCUT2D eigenvalue weighted by Gasteiger charge is -2.12. The summed E-state index contributed by atoms with van der Waals surface area (Å²) in [5, 5.41) is 15.0. The molecule has 0 aliphatic carbocycles. The van der Waals surface area contributed by atoms with E-state index in [2.05, 4.69) is 25.6 Å². The van der Waals surface area contributed by atoms with Crippen molar-refractivity contribution in [3.05, 3.63) is 60.9 Å². The van der Waals surface area contributed by atoms with Gasteiger partial charge >= 0.3 is 5.97 Å². The van der Waals surface area contributed by atoms with E-state index in [1.165, 1.54) is 6.33 Å². The van der Waals surface area contributed by atoms with Crippen LogP contribution in [-0.2, 0) is 9.53 Å². The third-order valence-electron chi connectivity index (χ3n) is 3.77. The molecule has 0 aliphatic heterocycles. The smallest absolute Gasteiger partial charge is 0.329 e. The standard InChI is InChI=1S/C20H21N5O3/c26-18(27)13-28-12-6-11-21-20-23-14-22-19(25-20)16-9-4-5-10-17(16)24-15-7-2-1-3-8-15/h1-5,7-10,14,24H,6,11-13H2,(H,26,27)(H,21,22,23,25). The van der Waals surface area contributed by atoms with Gasteiger partial charge in [0, 0.05) is 30.1 Å². The number of ether oxygens (including phenoxy) is 1. The van der Waals surface area contributed by atoms with E-state index >= 15 is 0 Å². The van der Waals surface area contributed by atoms with Gasteiger partial charge < -0.3 is 20.5 Å². The maximum absolute atomic E-state index is 10.4. The number of carboxylic acid groups (broad SMARTS) is 1. The molecule has 0 saturated heterocycles. The second kappa shape index (κ2) is 9.98. The molecule has 0 aliphatic rings. The highest BCUT2D eigenvalue weighted by Crippen LogP contribution is 2.27. The van der Waals surface area contributed by atoms with Gasteiger partial charge in [0.05, 0.1) is 0 Å². The lowest BCUT2D eigenvalue weighted by molar-refractivity contribution is -0.142. The lowest BCUT2D eigenvalue weighted by Crippen LogP contribution is -2.12. The van der Waals surface area contributed by atoms with E-state index in [0.29, 0.717) is 31.3 Å². The molecule has 8 nitrogen and oxygen atoms in total. The molecule has 0 bridgehead atoms. The molecule has 0 atom stereocenters. The normalized spacial score (nSPS) is 10.4. The first-order chi connectivity index (χ1) is 13.7. The van der Waals surface area contributed by atoms with Crippen LogP contribution in [0.4, 0.5) is 17.3 Å². The van der Waals surface area contributed by atoms with Gasteiger partial charge in [-0.3, -0.25) is 0 Å². The Hall–Kier alpha value is -3.52. The number of para-hydroxylation sites is 2. The van der Waals surface area contributed by atoms with Gasteiger partial charge in [0.1, 0.15) is 12.9 Å². The fraction of sp³-hybridized carbons (Fsp3) is 0.200. The molecule has 3 N–H and O–H groups in total. The molecule has 2 aromatic carbocycles. The van der Waals surface area contributed by atoms with Gasteiger partial charge in [0.15, 0.2) is 5.82 Å². The Bertz CT molecular complexity index is 905. The molecule has 1 aromatic heterocycles. The minimum Gasteiger partial charge on any atom is -0.480 e. The highest BCUT2D eigenvalue weighted by Gasteiger charge is 2.09. The quantitative estimate of drug-likeness (QED) is 0.461. The summed E-state index contributed by atoms with van der Waals surface area (Å²) in [4.78, 5) is 23.3. The van der Waals surface area contributed by atoms with E-state index in [1.54, 1.807) is 0 Å². The summed E-state index contributed by atoms with van der Waals surface area (Å²) in [5.41, 5.74) is 2.73. The maximum atomic E-state index is 10.4. The van der Waals surface area contributed by atoms with Crippen LogP contribution in [0, 0.1) is 0 Å². The minimum absolute atomic E-state index is 0.291. The second-order valence-corrected chi connectivity index (χ2v) is 5.90. The topological polar surface area (TPSA) is 109 Å². The summed E-state index contributed by atoms with van der Waals surface area (Å²) in [6.07, 6.45) is 2.10. The van der Waals surface area contributed by atoms with Crippen molar-refractivity contribution >= 4 is 23.3 Å². The summed E-state index contributed by atoms with van der Waals surface area (Å²) in [6.45, 7) is 0.620. The van der Waals surface area contributed by atoms with Crippen LogP contribution in [0.2, 0.25) is 0 Å². The van der Waals surface area contributed by atoms with Gasteiger partial charge in [-0.2, -0.15) is 4.98 Å². The second-order valence-electron chi connectivity index (χ2n) is 5.90. The van der Waals surface area contributed by atoms with Gasteiger partial charge in [0.2, 0.25) is 5.95 Å². The van der Waals surface area contributed by atoms with Gasteiger partial charge in [-0.25, -0.2) is 14.8 Å².